The standard InChI is InChI=1S/C25H21Cl2N3O2/c26-16-10-8-15(9-11-16)18-14-19-21(28)23(25(31)30-12-4-1-5-13-30)32-24(19)29-22(18)17-6-2-3-7-20(17)27/h2-3,6-11,14H,1,4-5,12-13,28H2. The summed E-state index contributed by atoms with van der Waals surface area (Å²) in [6, 6.07) is 16.9. The average molecular weight is 466 g/mol. The SMILES string of the molecule is Nc1c(C(=O)N2CCCCC2)oc2nc(-c3ccccc3Cl)c(-c3ccc(Cl)cc3)cc12. The van der Waals surface area contributed by atoms with Crippen molar-refractivity contribution in [2.75, 3.05) is 18.8 Å². The lowest BCUT2D eigenvalue weighted by molar-refractivity contribution is 0.0695. The Labute approximate surface area is 195 Å². The van der Waals surface area contributed by atoms with Gasteiger partial charge in [0.2, 0.25) is 11.5 Å². The van der Waals surface area contributed by atoms with Crippen molar-refractivity contribution in [1.82, 2.24) is 9.88 Å². The number of carbonyl (C=O) groups excluding carboxylic acids is 1. The average Bonchev–Trinajstić information content (AvgIpc) is 3.15. The van der Waals surface area contributed by atoms with Crippen molar-refractivity contribution in [2.45, 2.75) is 19.3 Å². The monoisotopic (exact) mass is 465 g/mol. The van der Waals surface area contributed by atoms with E-state index >= 15 is 0 Å². The molecule has 0 saturated carbocycles. The lowest BCUT2D eigenvalue weighted by Gasteiger charge is -2.25. The summed E-state index contributed by atoms with van der Waals surface area (Å²) in [6.45, 7) is 1.42. The summed E-state index contributed by atoms with van der Waals surface area (Å²) in [4.78, 5) is 19.7. The molecule has 32 heavy (non-hydrogen) atoms. The first-order valence-corrected chi connectivity index (χ1v) is 11.3. The van der Waals surface area contributed by atoms with Gasteiger partial charge >= 0.3 is 0 Å². The predicted octanol–water partition coefficient (Wildman–Crippen LogP) is 6.68. The number of benzene rings is 2. The minimum atomic E-state index is -0.187. The first-order valence-electron chi connectivity index (χ1n) is 10.6. The first kappa shape index (κ1) is 20.9. The number of amides is 1. The lowest BCUT2D eigenvalue weighted by atomic mass is 9.98. The fourth-order valence-electron chi connectivity index (χ4n) is 4.15. The van der Waals surface area contributed by atoms with Gasteiger partial charge in [-0.1, -0.05) is 53.5 Å². The van der Waals surface area contributed by atoms with E-state index in [1.807, 2.05) is 54.6 Å². The molecule has 5 nitrogen and oxygen atoms in total. The summed E-state index contributed by atoms with van der Waals surface area (Å²) in [5.41, 5.74) is 10.2. The van der Waals surface area contributed by atoms with E-state index in [4.69, 9.17) is 38.3 Å². The molecule has 1 amide bonds. The number of furan rings is 1. The predicted molar refractivity (Wildman–Crippen MR) is 129 cm³/mol. The van der Waals surface area contributed by atoms with Crippen LogP contribution in [0.25, 0.3) is 33.5 Å². The third-order valence-electron chi connectivity index (χ3n) is 5.84. The number of nitrogens with zero attached hydrogens (tertiary/aromatic N) is 2. The van der Waals surface area contributed by atoms with Crippen LogP contribution < -0.4 is 5.73 Å². The van der Waals surface area contributed by atoms with Crippen LogP contribution in [0.15, 0.2) is 59.0 Å². The van der Waals surface area contributed by atoms with Gasteiger partial charge in [0.05, 0.1) is 16.8 Å². The molecule has 0 unspecified atom stereocenters. The van der Waals surface area contributed by atoms with Gasteiger partial charge < -0.3 is 15.1 Å². The highest BCUT2D eigenvalue weighted by molar-refractivity contribution is 6.33. The van der Waals surface area contributed by atoms with E-state index in [2.05, 4.69) is 0 Å². The molecular formula is C25H21Cl2N3O2. The minimum absolute atomic E-state index is 0.146. The van der Waals surface area contributed by atoms with Crippen LogP contribution in [0.4, 0.5) is 5.69 Å². The van der Waals surface area contributed by atoms with E-state index in [1.54, 1.807) is 4.90 Å². The summed E-state index contributed by atoms with van der Waals surface area (Å²) in [5, 5.41) is 1.81. The van der Waals surface area contributed by atoms with Gasteiger partial charge in [0.15, 0.2) is 0 Å². The summed E-state index contributed by atoms with van der Waals surface area (Å²) < 4.78 is 5.93. The van der Waals surface area contributed by atoms with Gasteiger partial charge in [-0.15, -0.1) is 0 Å². The number of likely N-dealkylation sites (tertiary alicyclic amines) is 1. The van der Waals surface area contributed by atoms with E-state index in [1.165, 1.54) is 0 Å². The maximum atomic E-state index is 13.1. The van der Waals surface area contributed by atoms with Crippen molar-refractivity contribution in [3.63, 3.8) is 0 Å². The van der Waals surface area contributed by atoms with Crippen LogP contribution in [0.2, 0.25) is 10.0 Å². The Balaban J connectivity index is 1.70. The summed E-state index contributed by atoms with van der Waals surface area (Å²) in [5.74, 6) is -0.0414. The van der Waals surface area contributed by atoms with Crippen LogP contribution >= 0.6 is 23.2 Å². The van der Waals surface area contributed by atoms with Gasteiger partial charge in [0.25, 0.3) is 5.91 Å². The highest BCUT2D eigenvalue weighted by atomic mass is 35.5. The molecular weight excluding hydrogens is 445 g/mol. The van der Waals surface area contributed by atoms with Gasteiger partial charge in [-0.3, -0.25) is 4.79 Å². The van der Waals surface area contributed by atoms with Crippen LogP contribution in [0.1, 0.15) is 29.8 Å². The number of aromatic nitrogens is 1. The fourth-order valence-corrected chi connectivity index (χ4v) is 4.50. The quantitative estimate of drug-likeness (QED) is 0.366. The zero-order valence-electron chi connectivity index (χ0n) is 17.3. The van der Waals surface area contributed by atoms with Crippen molar-refractivity contribution >= 4 is 45.9 Å². The molecule has 0 spiro atoms. The molecule has 0 radical (unpaired) electrons. The van der Waals surface area contributed by atoms with E-state index in [-0.39, 0.29) is 11.7 Å². The Bertz CT molecular complexity index is 1310. The third-order valence-corrected chi connectivity index (χ3v) is 6.42. The van der Waals surface area contributed by atoms with E-state index in [0.717, 1.165) is 36.0 Å². The zero-order chi connectivity index (χ0) is 22.2. The highest BCUT2D eigenvalue weighted by Gasteiger charge is 2.27. The molecule has 1 saturated heterocycles. The molecule has 0 aliphatic carbocycles. The molecule has 0 atom stereocenters. The molecule has 2 N–H and O–H groups in total. The molecule has 1 fully saturated rings. The van der Waals surface area contributed by atoms with Crippen LogP contribution in [0, 0.1) is 0 Å². The van der Waals surface area contributed by atoms with Gasteiger partial charge in [-0.25, -0.2) is 4.98 Å². The Morgan fingerprint density at radius 3 is 2.41 bits per heavy atom. The number of pyridine rings is 1. The molecule has 3 heterocycles. The maximum absolute atomic E-state index is 13.1. The Kier molecular flexibility index (Phi) is 5.53. The number of hydrogen-bond donors (Lipinski definition) is 1. The molecule has 162 valence electrons. The number of rotatable bonds is 3. The van der Waals surface area contributed by atoms with Crippen molar-refractivity contribution < 1.29 is 9.21 Å². The number of nitrogens with two attached hydrogens (primary N) is 1. The van der Waals surface area contributed by atoms with Crippen molar-refractivity contribution in [1.29, 1.82) is 0 Å². The second-order valence-electron chi connectivity index (χ2n) is 7.92. The van der Waals surface area contributed by atoms with Gasteiger partial charge in [0.1, 0.15) is 0 Å². The number of anilines is 1. The zero-order valence-corrected chi connectivity index (χ0v) is 18.8. The molecule has 7 heteroatoms. The topological polar surface area (TPSA) is 72.4 Å². The molecule has 0 bridgehead atoms. The summed E-state index contributed by atoms with van der Waals surface area (Å²) in [6.07, 6.45) is 3.11. The van der Waals surface area contributed by atoms with E-state index in [0.29, 0.717) is 45.6 Å². The number of hydrogen-bond acceptors (Lipinski definition) is 4. The minimum Gasteiger partial charge on any atom is -0.430 e. The number of nitrogen functional groups attached to an aromatic ring is 1. The maximum Gasteiger partial charge on any atom is 0.291 e. The number of halogens is 2. The van der Waals surface area contributed by atoms with Gasteiger partial charge in [-0.2, -0.15) is 0 Å². The van der Waals surface area contributed by atoms with Crippen LogP contribution in [0.3, 0.4) is 0 Å². The summed E-state index contributed by atoms with van der Waals surface area (Å²) in [7, 11) is 0. The fraction of sp³-hybridized carbons (Fsp3) is 0.200. The normalized spacial score (nSPS) is 14.1. The van der Waals surface area contributed by atoms with Gasteiger partial charge in [0, 0.05) is 34.3 Å². The van der Waals surface area contributed by atoms with E-state index < -0.39 is 0 Å². The number of piperidine rings is 1. The van der Waals surface area contributed by atoms with Crippen molar-refractivity contribution in [3.05, 3.63) is 70.4 Å². The highest BCUT2D eigenvalue weighted by Crippen LogP contribution is 2.40. The molecule has 5 rings (SSSR count). The molecule has 2 aromatic carbocycles. The van der Waals surface area contributed by atoms with Gasteiger partial charge in [-0.05, 0) is 49.1 Å². The van der Waals surface area contributed by atoms with E-state index in [9.17, 15) is 4.79 Å². The Morgan fingerprint density at radius 2 is 1.69 bits per heavy atom. The first-order chi connectivity index (χ1) is 15.5. The molecule has 2 aromatic heterocycles. The third kappa shape index (κ3) is 3.72. The van der Waals surface area contributed by atoms with Crippen LogP contribution in [0.5, 0.6) is 0 Å². The summed E-state index contributed by atoms with van der Waals surface area (Å²) >= 11 is 12.6. The Morgan fingerprint density at radius 1 is 0.969 bits per heavy atom. The van der Waals surface area contributed by atoms with Crippen molar-refractivity contribution in [2.24, 2.45) is 0 Å². The Hall–Kier alpha value is -3.02. The lowest BCUT2D eigenvalue weighted by Crippen LogP contribution is -2.35. The number of fused-ring (bicyclic) bond motifs is 1. The van der Waals surface area contributed by atoms with Crippen molar-refractivity contribution in [3.8, 4) is 22.4 Å². The van der Waals surface area contributed by atoms with Crippen LogP contribution in [-0.4, -0.2) is 28.9 Å². The largest absolute Gasteiger partial charge is 0.430 e. The molecule has 1 aliphatic rings. The smallest absolute Gasteiger partial charge is 0.291 e. The second kappa shape index (κ2) is 8.49. The molecule has 4 aromatic rings. The number of carbonyl (C=O) groups is 1. The second-order valence-corrected chi connectivity index (χ2v) is 8.77. The molecule has 1 aliphatic heterocycles. The van der Waals surface area contributed by atoms with Crippen LogP contribution in [-0.2, 0) is 0 Å².